The van der Waals surface area contributed by atoms with Crippen LogP contribution < -0.4 is 10.5 Å². The molecule has 0 aliphatic carbocycles. The molecule has 0 radical (unpaired) electrons. The minimum absolute atomic E-state index is 0.0188. The van der Waals surface area contributed by atoms with Gasteiger partial charge in [0, 0.05) is 30.0 Å². The van der Waals surface area contributed by atoms with Crippen LogP contribution in [0.2, 0.25) is 0 Å². The Bertz CT molecular complexity index is 1480. The number of amides is 1. The smallest absolute Gasteiger partial charge is 0.304 e. The fraction of sp³-hybridized carbons (Fsp3) is 0.321. The number of likely N-dealkylation sites (tertiary alicyclic amines) is 1. The van der Waals surface area contributed by atoms with Gasteiger partial charge in [0.05, 0.1) is 29.0 Å². The number of carboxylic acids is 1. The third-order valence-electron chi connectivity index (χ3n) is 6.82. The number of ether oxygens (including phenoxy) is 1. The molecule has 210 valence electrons. The minimum Gasteiger partial charge on any atom is -0.481 e. The number of rotatable bonds is 12. The van der Waals surface area contributed by atoms with Crippen LogP contribution in [0.1, 0.15) is 30.4 Å². The van der Waals surface area contributed by atoms with Crippen molar-refractivity contribution in [1.82, 2.24) is 15.1 Å². The van der Waals surface area contributed by atoms with E-state index in [1.807, 2.05) is 0 Å². The fourth-order valence-corrected chi connectivity index (χ4v) is 5.34. The molecule has 2 aromatic carbocycles. The number of sulfone groups is 1. The standard InChI is InChI=1S/C28H31N5O6S/c1-40(37,38)23-10-4-18(5-11-23)3-2-14-33-22(15-21(28(33)36)16-26(34)35)17-39-25-13-12-24(31-32-25)19-6-8-20(9-7-19)27(29)30/h4-13,21-22H,2-3,14-17H2,1H3,(H3,29,30)(H,34,35)/t21-,22-/m0/s1. The summed E-state index contributed by atoms with van der Waals surface area (Å²) in [7, 11) is -3.27. The average Bonchev–Trinajstić information content (AvgIpc) is 3.21. The molecule has 0 spiro atoms. The Balaban J connectivity index is 1.37. The zero-order valence-electron chi connectivity index (χ0n) is 22.0. The first kappa shape index (κ1) is 28.7. The van der Waals surface area contributed by atoms with Gasteiger partial charge in [-0.1, -0.05) is 36.4 Å². The number of hydrogen-bond donors (Lipinski definition) is 3. The van der Waals surface area contributed by atoms with Crippen molar-refractivity contribution in [2.75, 3.05) is 19.4 Å². The van der Waals surface area contributed by atoms with Crippen LogP contribution in [0.25, 0.3) is 11.3 Å². The van der Waals surface area contributed by atoms with Gasteiger partial charge in [-0.25, -0.2) is 8.42 Å². The van der Waals surface area contributed by atoms with E-state index >= 15 is 0 Å². The van der Waals surface area contributed by atoms with Crippen molar-refractivity contribution in [3.63, 3.8) is 0 Å². The lowest BCUT2D eigenvalue weighted by Gasteiger charge is -2.24. The zero-order chi connectivity index (χ0) is 28.9. The van der Waals surface area contributed by atoms with E-state index in [1.165, 1.54) is 0 Å². The van der Waals surface area contributed by atoms with Crippen LogP contribution in [0, 0.1) is 11.3 Å². The van der Waals surface area contributed by atoms with E-state index in [9.17, 15) is 23.1 Å². The largest absolute Gasteiger partial charge is 0.481 e. The summed E-state index contributed by atoms with van der Waals surface area (Å²) < 4.78 is 29.2. The van der Waals surface area contributed by atoms with E-state index in [1.54, 1.807) is 65.6 Å². The van der Waals surface area contributed by atoms with E-state index in [-0.39, 0.29) is 41.6 Å². The Kier molecular flexibility index (Phi) is 8.78. The second-order valence-corrected chi connectivity index (χ2v) is 11.8. The number of benzene rings is 2. The van der Waals surface area contributed by atoms with E-state index in [2.05, 4.69) is 10.2 Å². The molecule has 1 aromatic heterocycles. The SMILES string of the molecule is CS(=O)(=O)c1ccc(CCCN2C(=O)[C@H](CC(=O)O)C[C@H]2COc2ccc(-c3ccc(C(=N)N)cc3)nn2)cc1. The molecule has 1 aliphatic heterocycles. The number of aryl methyl sites for hydroxylation is 1. The van der Waals surface area contributed by atoms with Crippen LogP contribution in [0.3, 0.4) is 0 Å². The summed E-state index contributed by atoms with van der Waals surface area (Å²) in [5.74, 6) is -1.59. The normalized spacial score (nSPS) is 17.1. The highest BCUT2D eigenvalue weighted by Crippen LogP contribution is 2.29. The van der Waals surface area contributed by atoms with Gasteiger partial charge in [0.25, 0.3) is 0 Å². The Morgan fingerprint density at radius 3 is 2.38 bits per heavy atom. The lowest BCUT2D eigenvalue weighted by molar-refractivity contribution is -0.142. The van der Waals surface area contributed by atoms with Gasteiger partial charge in [0.15, 0.2) is 9.84 Å². The lowest BCUT2D eigenvalue weighted by Crippen LogP contribution is -2.38. The molecule has 4 N–H and O–H groups in total. The Morgan fingerprint density at radius 2 is 1.80 bits per heavy atom. The summed E-state index contributed by atoms with van der Waals surface area (Å²) in [6.45, 7) is 0.559. The highest BCUT2D eigenvalue weighted by molar-refractivity contribution is 7.90. The van der Waals surface area contributed by atoms with Crippen molar-refractivity contribution >= 4 is 27.5 Å². The van der Waals surface area contributed by atoms with Crippen molar-refractivity contribution < 1.29 is 27.9 Å². The maximum absolute atomic E-state index is 13.0. The van der Waals surface area contributed by atoms with Crippen molar-refractivity contribution in [3.8, 4) is 17.1 Å². The van der Waals surface area contributed by atoms with Gasteiger partial charge < -0.3 is 20.5 Å². The lowest BCUT2D eigenvalue weighted by atomic mass is 10.0. The maximum Gasteiger partial charge on any atom is 0.304 e. The molecule has 40 heavy (non-hydrogen) atoms. The summed E-state index contributed by atoms with van der Waals surface area (Å²) in [6, 6.07) is 16.8. The van der Waals surface area contributed by atoms with Crippen molar-refractivity contribution in [1.29, 1.82) is 5.41 Å². The molecule has 3 aromatic rings. The summed E-state index contributed by atoms with van der Waals surface area (Å²) >= 11 is 0. The third-order valence-corrected chi connectivity index (χ3v) is 7.95. The first-order chi connectivity index (χ1) is 19.0. The van der Waals surface area contributed by atoms with Gasteiger partial charge in [0.2, 0.25) is 11.8 Å². The fourth-order valence-electron chi connectivity index (χ4n) is 4.71. The number of nitrogens with two attached hydrogens (primary N) is 1. The average molecular weight is 566 g/mol. The van der Waals surface area contributed by atoms with Crippen molar-refractivity contribution in [2.24, 2.45) is 11.7 Å². The molecule has 12 heteroatoms. The molecular weight excluding hydrogens is 534 g/mol. The van der Waals surface area contributed by atoms with Crippen LogP contribution in [-0.2, 0) is 25.8 Å². The van der Waals surface area contributed by atoms with Crippen LogP contribution in [0.5, 0.6) is 5.88 Å². The van der Waals surface area contributed by atoms with E-state index in [4.69, 9.17) is 15.9 Å². The first-order valence-corrected chi connectivity index (χ1v) is 14.6. The molecule has 1 fully saturated rings. The molecular formula is C28H31N5O6S. The summed E-state index contributed by atoms with van der Waals surface area (Å²) in [6.07, 6.45) is 2.53. The molecule has 0 unspecified atom stereocenters. The number of aromatic nitrogens is 2. The topological polar surface area (TPSA) is 177 Å². The van der Waals surface area contributed by atoms with E-state index in [0.29, 0.717) is 37.1 Å². The molecule has 11 nitrogen and oxygen atoms in total. The van der Waals surface area contributed by atoms with Gasteiger partial charge in [-0.05, 0) is 43.0 Å². The molecule has 0 bridgehead atoms. The number of nitrogens with zero attached hydrogens (tertiary/aromatic N) is 3. The number of hydrogen-bond acceptors (Lipinski definition) is 8. The molecule has 2 heterocycles. The van der Waals surface area contributed by atoms with Gasteiger partial charge >= 0.3 is 5.97 Å². The van der Waals surface area contributed by atoms with Crippen molar-refractivity contribution in [2.45, 2.75) is 36.6 Å². The highest BCUT2D eigenvalue weighted by Gasteiger charge is 2.40. The second kappa shape index (κ2) is 12.2. The predicted octanol–water partition coefficient (Wildman–Crippen LogP) is 2.53. The molecule has 0 saturated carbocycles. The Morgan fingerprint density at radius 1 is 1.10 bits per heavy atom. The number of carboxylic acid groups (broad SMARTS) is 1. The number of carbonyl (C=O) groups is 2. The van der Waals surface area contributed by atoms with Crippen LogP contribution >= 0.6 is 0 Å². The van der Waals surface area contributed by atoms with Gasteiger partial charge in [-0.2, -0.15) is 0 Å². The monoisotopic (exact) mass is 565 g/mol. The predicted molar refractivity (Wildman–Crippen MR) is 148 cm³/mol. The number of carbonyl (C=O) groups excluding carboxylic acids is 1. The molecule has 2 atom stereocenters. The molecule has 4 rings (SSSR count). The molecule has 1 aliphatic rings. The molecule has 1 amide bonds. The van der Waals surface area contributed by atoms with Gasteiger partial charge in [-0.15, -0.1) is 10.2 Å². The van der Waals surface area contributed by atoms with E-state index in [0.717, 1.165) is 17.4 Å². The van der Waals surface area contributed by atoms with E-state index < -0.39 is 21.7 Å². The van der Waals surface area contributed by atoms with Crippen LogP contribution in [-0.4, -0.2) is 71.8 Å². The number of amidine groups is 1. The Labute approximate surface area is 232 Å². The summed E-state index contributed by atoms with van der Waals surface area (Å²) in [4.78, 5) is 26.3. The minimum atomic E-state index is -3.27. The summed E-state index contributed by atoms with van der Waals surface area (Å²) in [5.41, 5.74) is 8.47. The zero-order valence-corrected chi connectivity index (χ0v) is 22.8. The van der Waals surface area contributed by atoms with Gasteiger partial charge in [0.1, 0.15) is 12.4 Å². The van der Waals surface area contributed by atoms with Crippen molar-refractivity contribution in [3.05, 3.63) is 71.8 Å². The van der Waals surface area contributed by atoms with Gasteiger partial charge in [-0.3, -0.25) is 15.0 Å². The summed E-state index contributed by atoms with van der Waals surface area (Å²) in [5, 5.41) is 25.1. The second-order valence-electron chi connectivity index (χ2n) is 9.79. The Hall–Kier alpha value is -4.32. The first-order valence-electron chi connectivity index (χ1n) is 12.7. The number of nitrogens with one attached hydrogen (secondary N) is 1. The molecule has 1 saturated heterocycles. The van der Waals surface area contributed by atoms with Crippen LogP contribution in [0.15, 0.2) is 65.6 Å². The third kappa shape index (κ3) is 7.20. The highest BCUT2D eigenvalue weighted by atomic mass is 32.2. The van der Waals surface area contributed by atoms with Crippen LogP contribution in [0.4, 0.5) is 0 Å². The number of aliphatic carboxylic acids is 1. The number of nitrogen functional groups attached to an aromatic ring is 1. The quantitative estimate of drug-likeness (QED) is 0.220. The maximum atomic E-state index is 13.0.